The number of nitrogens with two attached hydrogens (primary N) is 1. The fourth-order valence-electron chi connectivity index (χ4n) is 1.55. The van der Waals surface area contributed by atoms with E-state index in [0.717, 1.165) is 11.1 Å². The normalized spacial score (nSPS) is 10.4. The first-order chi connectivity index (χ1) is 9.69. The Kier molecular flexibility index (Phi) is 5.00. The van der Waals surface area contributed by atoms with E-state index in [1.807, 2.05) is 6.07 Å². The number of furan rings is 1. The number of ether oxygens (including phenoxy) is 1. The number of nitrogen functional groups attached to an aromatic ring is 1. The zero-order valence-electron chi connectivity index (χ0n) is 11.0. The average molecular weight is 293 g/mol. The van der Waals surface area contributed by atoms with Crippen LogP contribution in [0.5, 0.6) is 0 Å². The van der Waals surface area contributed by atoms with Crippen LogP contribution in [-0.4, -0.2) is 28.3 Å². The maximum absolute atomic E-state index is 11.2. The summed E-state index contributed by atoms with van der Waals surface area (Å²) in [5, 5.41) is 0.464. The highest BCUT2D eigenvalue weighted by Crippen LogP contribution is 2.19. The second kappa shape index (κ2) is 6.95. The van der Waals surface area contributed by atoms with Crippen molar-refractivity contribution in [2.75, 3.05) is 18.1 Å². The van der Waals surface area contributed by atoms with Crippen LogP contribution in [0, 0.1) is 0 Å². The number of carbonyl (C=O) groups is 1. The van der Waals surface area contributed by atoms with Crippen LogP contribution in [0.2, 0.25) is 0 Å². The van der Waals surface area contributed by atoms with Crippen LogP contribution in [0.1, 0.15) is 18.1 Å². The van der Waals surface area contributed by atoms with E-state index in [1.54, 1.807) is 25.6 Å². The standard InChI is InChI=1S/C13H15N3O3S/c1-2-19-11(17)8-20-13-15-6-10(12(14)16-13)5-9-3-4-18-7-9/h3-4,6-7H,2,5,8H2,1H3,(H2,14,15,16). The summed E-state index contributed by atoms with van der Waals surface area (Å²) >= 11 is 1.20. The van der Waals surface area contributed by atoms with Crippen LogP contribution in [0.25, 0.3) is 0 Å². The van der Waals surface area contributed by atoms with E-state index < -0.39 is 0 Å². The van der Waals surface area contributed by atoms with Gasteiger partial charge in [0, 0.05) is 18.2 Å². The lowest BCUT2D eigenvalue weighted by Crippen LogP contribution is -2.08. The number of hydrogen-bond acceptors (Lipinski definition) is 7. The topological polar surface area (TPSA) is 91.2 Å². The minimum Gasteiger partial charge on any atom is -0.472 e. The minimum absolute atomic E-state index is 0.175. The Bertz CT molecular complexity index is 572. The van der Waals surface area contributed by atoms with Crippen molar-refractivity contribution in [1.82, 2.24) is 9.97 Å². The molecule has 0 bridgehead atoms. The number of nitrogens with zero attached hydrogens (tertiary/aromatic N) is 2. The van der Waals surface area contributed by atoms with Gasteiger partial charge in [0.25, 0.3) is 0 Å². The maximum Gasteiger partial charge on any atom is 0.316 e. The lowest BCUT2D eigenvalue weighted by Gasteiger charge is -2.05. The monoisotopic (exact) mass is 293 g/mol. The average Bonchev–Trinajstić information content (AvgIpc) is 2.92. The van der Waals surface area contributed by atoms with Crippen LogP contribution >= 0.6 is 11.8 Å². The fourth-order valence-corrected chi connectivity index (χ4v) is 2.17. The summed E-state index contributed by atoms with van der Waals surface area (Å²) in [7, 11) is 0. The van der Waals surface area contributed by atoms with Crippen molar-refractivity contribution >= 4 is 23.5 Å². The second-order valence-corrected chi connectivity index (χ2v) is 4.91. The first-order valence-corrected chi connectivity index (χ1v) is 7.08. The zero-order valence-corrected chi connectivity index (χ0v) is 11.9. The molecule has 0 spiro atoms. The molecule has 0 atom stereocenters. The van der Waals surface area contributed by atoms with Gasteiger partial charge in [-0.25, -0.2) is 9.97 Å². The highest BCUT2D eigenvalue weighted by Gasteiger charge is 2.09. The van der Waals surface area contributed by atoms with E-state index in [9.17, 15) is 4.79 Å². The van der Waals surface area contributed by atoms with Gasteiger partial charge in [-0.15, -0.1) is 0 Å². The molecular formula is C13H15N3O3S. The third kappa shape index (κ3) is 3.99. The van der Waals surface area contributed by atoms with Crippen molar-refractivity contribution < 1.29 is 13.9 Å². The summed E-state index contributed by atoms with van der Waals surface area (Å²) < 4.78 is 9.83. The Morgan fingerprint density at radius 3 is 3.05 bits per heavy atom. The van der Waals surface area contributed by atoms with E-state index in [1.165, 1.54) is 11.8 Å². The predicted octanol–water partition coefficient (Wildman–Crippen LogP) is 1.90. The van der Waals surface area contributed by atoms with Crippen molar-refractivity contribution in [2.45, 2.75) is 18.5 Å². The van der Waals surface area contributed by atoms with Gasteiger partial charge >= 0.3 is 5.97 Å². The van der Waals surface area contributed by atoms with Gasteiger partial charge in [0.15, 0.2) is 5.16 Å². The molecule has 2 aromatic heterocycles. The lowest BCUT2D eigenvalue weighted by atomic mass is 10.1. The van der Waals surface area contributed by atoms with E-state index in [4.69, 9.17) is 14.9 Å². The van der Waals surface area contributed by atoms with Crippen LogP contribution in [0.3, 0.4) is 0 Å². The van der Waals surface area contributed by atoms with Crippen LogP contribution in [0.4, 0.5) is 5.82 Å². The molecule has 0 aromatic carbocycles. The molecule has 2 heterocycles. The number of anilines is 1. The quantitative estimate of drug-likeness (QED) is 0.494. The Balaban J connectivity index is 1.97. The molecule has 0 saturated carbocycles. The lowest BCUT2D eigenvalue weighted by molar-refractivity contribution is -0.139. The van der Waals surface area contributed by atoms with Crippen molar-refractivity contribution in [3.8, 4) is 0 Å². The number of rotatable bonds is 6. The van der Waals surface area contributed by atoms with Gasteiger partial charge in [0.1, 0.15) is 5.82 Å². The first-order valence-electron chi connectivity index (χ1n) is 6.10. The van der Waals surface area contributed by atoms with Crippen LogP contribution in [-0.2, 0) is 16.0 Å². The van der Waals surface area contributed by atoms with Gasteiger partial charge in [-0.3, -0.25) is 4.79 Å². The second-order valence-electron chi connectivity index (χ2n) is 3.97. The van der Waals surface area contributed by atoms with Crippen molar-refractivity contribution in [3.63, 3.8) is 0 Å². The molecule has 20 heavy (non-hydrogen) atoms. The van der Waals surface area contributed by atoms with Gasteiger partial charge in [-0.2, -0.15) is 0 Å². The van der Waals surface area contributed by atoms with Gasteiger partial charge < -0.3 is 14.9 Å². The molecule has 6 nitrogen and oxygen atoms in total. The molecule has 0 fully saturated rings. The molecule has 0 aliphatic heterocycles. The van der Waals surface area contributed by atoms with Crippen LogP contribution < -0.4 is 5.73 Å². The molecule has 7 heteroatoms. The van der Waals surface area contributed by atoms with Crippen molar-refractivity contribution in [3.05, 3.63) is 35.9 Å². The third-order valence-corrected chi connectivity index (χ3v) is 3.31. The van der Waals surface area contributed by atoms with E-state index in [-0.39, 0.29) is 11.7 Å². The molecular weight excluding hydrogens is 278 g/mol. The fraction of sp³-hybridized carbons (Fsp3) is 0.308. The molecule has 0 aliphatic rings. The first kappa shape index (κ1) is 14.4. The van der Waals surface area contributed by atoms with Gasteiger partial charge in [-0.1, -0.05) is 11.8 Å². The maximum atomic E-state index is 11.2. The third-order valence-electron chi connectivity index (χ3n) is 2.48. The number of thioether (sulfide) groups is 1. The van der Waals surface area contributed by atoms with Crippen LogP contribution in [0.15, 0.2) is 34.4 Å². The molecule has 0 amide bonds. The number of esters is 1. The van der Waals surface area contributed by atoms with E-state index in [2.05, 4.69) is 9.97 Å². The smallest absolute Gasteiger partial charge is 0.316 e. The van der Waals surface area contributed by atoms with E-state index in [0.29, 0.717) is 24.0 Å². The molecule has 2 rings (SSSR count). The summed E-state index contributed by atoms with van der Waals surface area (Å²) in [6, 6.07) is 1.86. The predicted molar refractivity (Wildman–Crippen MR) is 75.3 cm³/mol. The molecule has 106 valence electrons. The molecule has 0 saturated heterocycles. The van der Waals surface area contributed by atoms with Gasteiger partial charge in [0.05, 0.1) is 24.9 Å². The molecule has 0 radical (unpaired) electrons. The summed E-state index contributed by atoms with van der Waals surface area (Å²) in [5.41, 5.74) is 7.72. The Morgan fingerprint density at radius 2 is 2.40 bits per heavy atom. The summed E-state index contributed by atoms with van der Waals surface area (Å²) in [4.78, 5) is 19.6. The zero-order chi connectivity index (χ0) is 14.4. The van der Waals surface area contributed by atoms with Crippen molar-refractivity contribution in [2.24, 2.45) is 0 Å². The number of hydrogen-bond donors (Lipinski definition) is 1. The highest BCUT2D eigenvalue weighted by atomic mass is 32.2. The highest BCUT2D eigenvalue weighted by molar-refractivity contribution is 7.99. The molecule has 2 aromatic rings. The summed E-state index contributed by atoms with van der Waals surface area (Å²) in [5.74, 6) is 0.295. The minimum atomic E-state index is -0.290. The molecule has 0 aliphatic carbocycles. The Labute approximate surface area is 120 Å². The van der Waals surface area contributed by atoms with E-state index >= 15 is 0 Å². The summed E-state index contributed by atoms with van der Waals surface area (Å²) in [6.45, 7) is 2.13. The largest absolute Gasteiger partial charge is 0.472 e. The molecule has 0 unspecified atom stereocenters. The van der Waals surface area contributed by atoms with Gasteiger partial charge in [-0.05, 0) is 18.6 Å². The molecule has 2 N–H and O–H groups in total. The number of aromatic nitrogens is 2. The van der Waals surface area contributed by atoms with Crippen molar-refractivity contribution in [1.29, 1.82) is 0 Å². The Morgan fingerprint density at radius 1 is 1.55 bits per heavy atom. The van der Waals surface area contributed by atoms with Gasteiger partial charge in [0.2, 0.25) is 0 Å². The summed E-state index contributed by atoms with van der Waals surface area (Å²) in [6.07, 6.45) is 5.55. The SMILES string of the molecule is CCOC(=O)CSc1ncc(Cc2ccoc2)c(N)n1. The Hall–Kier alpha value is -2.02. The number of carbonyl (C=O) groups excluding carboxylic acids is 1.